The van der Waals surface area contributed by atoms with Crippen molar-refractivity contribution in [1.82, 2.24) is 15.5 Å². The largest absolute Gasteiger partial charge is 0.345 e. The quantitative estimate of drug-likeness (QED) is 0.872. The molecule has 0 spiro atoms. The summed E-state index contributed by atoms with van der Waals surface area (Å²) in [5.74, 6) is -1.91. The van der Waals surface area contributed by atoms with Crippen LogP contribution in [0.2, 0.25) is 0 Å². The maximum atomic E-state index is 14.0. The van der Waals surface area contributed by atoms with E-state index in [0.29, 0.717) is 5.70 Å². The van der Waals surface area contributed by atoms with Gasteiger partial charge in [0.1, 0.15) is 11.6 Å². The van der Waals surface area contributed by atoms with Gasteiger partial charge in [0.25, 0.3) is 5.91 Å². The summed E-state index contributed by atoms with van der Waals surface area (Å²) in [7, 11) is 3.11. The highest BCUT2D eigenvalue weighted by Gasteiger charge is 2.33. The lowest BCUT2D eigenvalue weighted by atomic mass is 9.94. The van der Waals surface area contributed by atoms with Crippen molar-refractivity contribution in [2.24, 2.45) is 0 Å². The van der Waals surface area contributed by atoms with Crippen molar-refractivity contribution < 1.29 is 18.4 Å². The smallest absolute Gasteiger partial charge is 0.319 e. The molecule has 0 aliphatic carbocycles. The Morgan fingerprint density at radius 3 is 2.52 bits per heavy atom. The number of carbonyl (C=O) groups is 2. The Morgan fingerprint density at radius 2 is 1.95 bits per heavy atom. The van der Waals surface area contributed by atoms with E-state index in [9.17, 15) is 18.4 Å². The lowest BCUT2D eigenvalue weighted by Gasteiger charge is -2.30. The van der Waals surface area contributed by atoms with Crippen LogP contribution < -0.4 is 10.6 Å². The van der Waals surface area contributed by atoms with Gasteiger partial charge in [-0.2, -0.15) is 0 Å². The third kappa shape index (κ3) is 2.86. The molecule has 21 heavy (non-hydrogen) atoms. The van der Waals surface area contributed by atoms with E-state index in [1.54, 1.807) is 21.0 Å². The van der Waals surface area contributed by atoms with E-state index >= 15 is 0 Å². The molecule has 1 aromatic carbocycles. The Hall–Kier alpha value is -2.44. The maximum absolute atomic E-state index is 14.0. The molecule has 1 unspecified atom stereocenters. The first-order valence-corrected chi connectivity index (χ1v) is 6.26. The standard InChI is InChI=1S/C14H15F2N3O2/c1-7-11(13(20)19(2)3)12(18-14(21)17-7)9-5-4-8(15)6-10(9)16/h4-6,12H,1-3H3,(H2,17,18,21). The van der Waals surface area contributed by atoms with Crippen LogP contribution in [0.3, 0.4) is 0 Å². The fourth-order valence-electron chi connectivity index (χ4n) is 2.19. The number of hydrogen-bond acceptors (Lipinski definition) is 2. The number of halogens is 2. The summed E-state index contributed by atoms with van der Waals surface area (Å²) in [4.78, 5) is 25.2. The van der Waals surface area contributed by atoms with E-state index < -0.39 is 23.7 Å². The van der Waals surface area contributed by atoms with Crippen LogP contribution in [0.5, 0.6) is 0 Å². The lowest BCUT2D eigenvalue weighted by Crippen LogP contribution is -2.47. The predicted molar refractivity (Wildman–Crippen MR) is 72.2 cm³/mol. The molecule has 1 atom stereocenters. The zero-order valence-corrected chi connectivity index (χ0v) is 11.8. The molecule has 7 heteroatoms. The highest BCUT2D eigenvalue weighted by molar-refractivity contribution is 5.98. The first-order valence-electron chi connectivity index (χ1n) is 6.26. The molecule has 2 N–H and O–H groups in total. The average molecular weight is 295 g/mol. The molecule has 0 fully saturated rings. The Balaban J connectivity index is 2.55. The van der Waals surface area contributed by atoms with Crippen molar-refractivity contribution >= 4 is 11.9 Å². The zero-order chi connectivity index (χ0) is 15.7. The number of nitrogens with one attached hydrogen (secondary N) is 2. The van der Waals surface area contributed by atoms with Gasteiger partial charge in [0.2, 0.25) is 0 Å². The number of rotatable bonds is 2. The first kappa shape index (κ1) is 15.0. The molecular formula is C14H15F2N3O2. The van der Waals surface area contributed by atoms with Crippen LogP contribution in [0.1, 0.15) is 18.5 Å². The molecule has 1 aliphatic heterocycles. The monoisotopic (exact) mass is 295 g/mol. The molecular weight excluding hydrogens is 280 g/mol. The molecule has 5 nitrogen and oxygen atoms in total. The van der Waals surface area contributed by atoms with Crippen molar-refractivity contribution in [3.8, 4) is 0 Å². The summed E-state index contributed by atoms with van der Waals surface area (Å²) in [6.07, 6.45) is 0. The summed E-state index contributed by atoms with van der Waals surface area (Å²) in [5.41, 5.74) is 0.590. The summed E-state index contributed by atoms with van der Waals surface area (Å²) in [6.45, 7) is 1.56. The van der Waals surface area contributed by atoms with Crippen LogP contribution in [0.4, 0.5) is 13.6 Å². The molecule has 3 amide bonds. The number of likely N-dealkylation sites (N-methyl/N-ethyl adjacent to an activating group) is 1. The van der Waals surface area contributed by atoms with Gasteiger partial charge in [0, 0.05) is 31.4 Å². The van der Waals surface area contributed by atoms with Gasteiger partial charge < -0.3 is 15.5 Å². The third-order valence-electron chi connectivity index (χ3n) is 3.18. The minimum absolute atomic E-state index is 0.0378. The zero-order valence-electron chi connectivity index (χ0n) is 11.8. The minimum Gasteiger partial charge on any atom is -0.345 e. The Kier molecular flexibility index (Phi) is 3.93. The van der Waals surface area contributed by atoms with Gasteiger partial charge in [-0.15, -0.1) is 0 Å². The van der Waals surface area contributed by atoms with E-state index in [-0.39, 0.29) is 17.0 Å². The minimum atomic E-state index is -0.964. The van der Waals surface area contributed by atoms with Crippen LogP contribution in [0, 0.1) is 11.6 Å². The average Bonchev–Trinajstić information content (AvgIpc) is 2.37. The van der Waals surface area contributed by atoms with Gasteiger partial charge in [-0.3, -0.25) is 4.79 Å². The summed E-state index contributed by atoms with van der Waals surface area (Å²) >= 11 is 0. The molecule has 0 saturated carbocycles. The number of allylic oxidation sites excluding steroid dienone is 1. The number of hydrogen-bond donors (Lipinski definition) is 2. The van der Waals surface area contributed by atoms with Crippen molar-refractivity contribution in [3.05, 3.63) is 46.7 Å². The second-order valence-electron chi connectivity index (χ2n) is 4.94. The summed E-state index contributed by atoms with van der Waals surface area (Å²) in [6, 6.07) is 1.51. The van der Waals surface area contributed by atoms with Crippen LogP contribution in [-0.4, -0.2) is 30.9 Å². The van der Waals surface area contributed by atoms with Gasteiger partial charge in [-0.05, 0) is 13.0 Å². The number of carbonyl (C=O) groups excluding carboxylic acids is 2. The Morgan fingerprint density at radius 1 is 1.29 bits per heavy atom. The van der Waals surface area contributed by atoms with Gasteiger partial charge in [0.05, 0.1) is 11.6 Å². The number of urea groups is 1. The van der Waals surface area contributed by atoms with E-state index in [1.807, 2.05) is 0 Å². The summed E-state index contributed by atoms with van der Waals surface area (Å²) in [5, 5.41) is 4.97. The second kappa shape index (κ2) is 5.51. The molecule has 1 aromatic rings. The van der Waals surface area contributed by atoms with Crippen LogP contribution in [0.15, 0.2) is 29.5 Å². The fourth-order valence-corrected chi connectivity index (χ4v) is 2.19. The molecule has 1 heterocycles. The normalized spacial score (nSPS) is 18.1. The number of amides is 3. The van der Waals surface area contributed by atoms with Crippen molar-refractivity contribution in [2.75, 3.05) is 14.1 Å². The molecule has 0 aromatic heterocycles. The van der Waals surface area contributed by atoms with Crippen molar-refractivity contribution in [2.45, 2.75) is 13.0 Å². The molecule has 112 valence electrons. The fraction of sp³-hybridized carbons (Fsp3) is 0.286. The SMILES string of the molecule is CC1=C(C(=O)N(C)C)C(c2ccc(F)cc2F)NC(=O)N1. The first-order chi connectivity index (χ1) is 9.81. The molecule has 2 rings (SSSR count). The molecule has 0 radical (unpaired) electrons. The Labute approximate surface area is 120 Å². The van der Waals surface area contributed by atoms with E-state index in [4.69, 9.17) is 0 Å². The van der Waals surface area contributed by atoms with Crippen molar-refractivity contribution in [3.63, 3.8) is 0 Å². The number of benzene rings is 1. The van der Waals surface area contributed by atoms with Gasteiger partial charge in [-0.25, -0.2) is 13.6 Å². The van der Waals surface area contributed by atoms with Crippen LogP contribution >= 0.6 is 0 Å². The molecule has 1 aliphatic rings. The summed E-state index contributed by atoms with van der Waals surface area (Å²) < 4.78 is 27.0. The Bertz CT molecular complexity index is 641. The number of nitrogens with zero attached hydrogens (tertiary/aromatic N) is 1. The topological polar surface area (TPSA) is 61.4 Å². The van der Waals surface area contributed by atoms with Gasteiger partial charge in [-0.1, -0.05) is 6.07 Å². The predicted octanol–water partition coefficient (Wildman–Crippen LogP) is 1.68. The van der Waals surface area contributed by atoms with E-state index in [2.05, 4.69) is 10.6 Å². The maximum Gasteiger partial charge on any atom is 0.319 e. The van der Waals surface area contributed by atoms with E-state index in [0.717, 1.165) is 12.1 Å². The van der Waals surface area contributed by atoms with E-state index in [1.165, 1.54) is 11.0 Å². The lowest BCUT2D eigenvalue weighted by molar-refractivity contribution is -0.125. The van der Waals surface area contributed by atoms with Crippen molar-refractivity contribution in [1.29, 1.82) is 0 Å². The van der Waals surface area contributed by atoms with Gasteiger partial charge in [0.15, 0.2) is 0 Å². The van der Waals surface area contributed by atoms with Crippen LogP contribution in [-0.2, 0) is 4.79 Å². The third-order valence-corrected chi connectivity index (χ3v) is 3.18. The molecule has 0 bridgehead atoms. The molecule has 0 saturated heterocycles. The highest BCUT2D eigenvalue weighted by atomic mass is 19.1. The second-order valence-corrected chi connectivity index (χ2v) is 4.94. The highest BCUT2D eigenvalue weighted by Crippen LogP contribution is 2.29. The van der Waals surface area contributed by atoms with Gasteiger partial charge >= 0.3 is 6.03 Å². The van der Waals surface area contributed by atoms with Crippen LogP contribution in [0.25, 0.3) is 0 Å².